The minimum Gasteiger partial charge on any atom is -0.545 e. The lowest BCUT2D eigenvalue weighted by Gasteiger charge is -2.10. The number of nitrogens with one attached hydrogen (secondary N) is 1. The van der Waals surface area contributed by atoms with E-state index in [1.54, 1.807) is 11.5 Å². The van der Waals surface area contributed by atoms with E-state index in [0.717, 1.165) is 5.56 Å². The maximum absolute atomic E-state index is 12.0. The molecule has 0 bridgehead atoms. The summed E-state index contributed by atoms with van der Waals surface area (Å²) in [5.41, 5.74) is 1.69. The third kappa shape index (κ3) is 4.79. The largest absolute Gasteiger partial charge is 0.545 e. The zero-order valence-electron chi connectivity index (χ0n) is 13.0. The van der Waals surface area contributed by atoms with Crippen molar-refractivity contribution >= 4 is 34.3 Å². The predicted molar refractivity (Wildman–Crippen MR) is 91.3 cm³/mol. The molecule has 0 saturated heterocycles. The van der Waals surface area contributed by atoms with Gasteiger partial charge >= 0.3 is 0 Å². The summed E-state index contributed by atoms with van der Waals surface area (Å²) >= 11 is 1.21. The molecule has 2 rings (SSSR count). The van der Waals surface area contributed by atoms with Gasteiger partial charge in [0.05, 0.1) is 5.97 Å². The molecule has 0 fully saturated rings. The van der Waals surface area contributed by atoms with Crippen LogP contribution in [0.3, 0.4) is 0 Å². The SMILES string of the molecule is CC(C)Cc1csc(NC(=O)/C=C/c2ccccc2)c1C(=O)[O-]. The molecule has 120 valence electrons. The molecule has 1 aromatic heterocycles. The predicted octanol–water partition coefficient (Wildman–Crippen LogP) is 2.96. The summed E-state index contributed by atoms with van der Waals surface area (Å²) in [5.74, 6) is -1.30. The second kappa shape index (κ2) is 7.74. The number of carboxylic acid groups (broad SMARTS) is 1. The monoisotopic (exact) mass is 328 g/mol. The molecule has 2 aromatic rings. The second-order valence-corrected chi connectivity index (χ2v) is 6.46. The maximum atomic E-state index is 12.0. The Morgan fingerprint density at radius 1 is 1.26 bits per heavy atom. The Balaban J connectivity index is 2.13. The second-order valence-electron chi connectivity index (χ2n) is 5.58. The highest BCUT2D eigenvalue weighted by molar-refractivity contribution is 7.15. The maximum Gasteiger partial charge on any atom is 0.249 e. The molecule has 0 saturated carbocycles. The number of carboxylic acids is 1. The van der Waals surface area contributed by atoms with E-state index >= 15 is 0 Å². The summed E-state index contributed by atoms with van der Waals surface area (Å²) < 4.78 is 0. The van der Waals surface area contributed by atoms with E-state index in [4.69, 9.17) is 0 Å². The van der Waals surface area contributed by atoms with E-state index in [1.165, 1.54) is 17.4 Å². The minimum absolute atomic E-state index is 0.0881. The lowest BCUT2D eigenvalue weighted by atomic mass is 10.0. The van der Waals surface area contributed by atoms with Crippen LogP contribution in [-0.4, -0.2) is 11.9 Å². The first-order chi connectivity index (χ1) is 11.0. The van der Waals surface area contributed by atoms with Gasteiger partial charge in [-0.2, -0.15) is 0 Å². The van der Waals surface area contributed by atoms with Crippen molar-refractivity contribution in [1.29, 1.82) is 0 Å². The Kier molecular flexibility index (Phi) is 5.71. The molecule has 0 spiro atoms. The lowest BCUT2D eigenvalue weighted by Crippen LogP contribution is -2.25. The molecule has 0 radical (unpaired) electrons. The fourth-order valence-corrected chi connectivity index (χ4v) is 3.16. The molecular formula is C18H18NO3S-. The van der Waals surface area contributed by atoms with Crippen LogP contribution in [-0.2, 0) is 11.2 Å². The molecule has 0 aliphatic heterocycles. The van der Waals surface area contributed by atoms with Gasteiger partial charge in [-0.05, 0) is 34.9 Å². The van der Waals surface area contributed by atoms with Crippen molar-refractivity contribution in [2.45, 2.75) is 20.3 Å². The van der Waals surface area contributed by atoms with Gasteiger partial charge in [0.15, 0.2) is 0 Å². The van der Waals surface area contributed by atoms with Crippen molar-refractivity contribution in [3.8, 4) is 0 Å². The summed E-state index contributed by atoms with van der Waals surface area (Å²) in [4.78, 5) is 23.4. The number of anilines is 1. The summed E-state index contributed by atoms with van der Waals surface area (Å²) in [7, 11) is 0. The number of benzene rings is 1. The number of hydrogen-bond acceptors (Lipinski definition) is 4. The van der Waals surface area contributed by atoms with Crippen molar-refractivity contribution in [1.82, 2.24) is 0 Å². The minimum atomic E-state index is -1.26. The molecule has 1 amide bonds. The Bertz CT molecular complexity index is 717. The van der Waals surface area contributed by atoms with E-state index in [0.29, 0.717) is 22.9 Å². The highest BCUT2D eigenvalue weighted by Crippen LogP contribution is 2.29. The first kappa shape index (κ1) is 17.0. The van der Waals surface area contributed by atoms with Crippen LogP contribution in [0, 0.1) is 5.92 Å². The van der Waals surface area contributed by atoms with Crippen LogP contribution in [0.4, 0.5) is 5.00 Å². The van der Waals surface area contributed by atoms with Gasteiger partial charge in [0.2, 0.25) is 5.91 Å². The number of rotatable bonds is 6. The fraction of sp³-hybridized carbons (Fsp3) is 0.222. The average Bonchev–Trinajstić information content (AvgIpc) is 2.88. The highest BCUT2D eigenvalue weighted by atomic mass is 32.1. The van der Waals surface area contributed by atoms with Crippen LogP contribution in [0.25, 0.3) is 6.08 Å². The van der Waals surface area contributed by atoms with E-state index in [-0.39, 0.29) is 11.5 Å². The number of carbonyl (C=O) groups is 2. The van der Waals surface area contributed by atoms with Crippen LogP contribution in [0.5, 0.6) is 0 Å². The summed E-state index contributed by atoms with van der Waals surface area (Å²) in [6.45, 7) is 4.02. The first-order valence-electron chi connectivity index (χ1n) is 7.33. The lowest BCUT2D eigenvalue weighted by molar-refractivity contribution is -0.254. The van der Waals surface area contributed by atoms with Crippen molar-refractivity contribution in [2.24, 2.45) is 5.92 Å². The Morgan fingerprint density at radius 3 is 2.57 bits per heavy atom. The highest BCUT2D eigenvalue weighted by Gasteiger charge is 2.15. The van der Waals surface area contributed by atoms with E-state index in [2.05, 4.69) is 5.32 Å². The zero-order valence-corrected chi connectivity index (χ0v) is 13.9. The Labute approximate surface area is 139 Å². The Hall–Kier alpha value is -2.40. The van der Waals surface area contributed by atoms with Gasteiger partial charge in [-0.3, -0.25) is 4.79 Å². The molecule has 1 aromatic carbocycles. The van der Waals surface area contributed by atoms with Gasteiger partial charge < -0.3 is 15.2 Å². The Morgan fingerprint density at radius 2 is 1.96 bits per heavy atom. The molecule has 1 heterocycles. The number of hydrogen-bond donors (Lipinski definition) is 1. The zero-order chi connectivity index (χ0) is 16.8. The third-order valence-electron chi connectivity index (χ3n) is 3.16. The van der Waals surface area contributed by atoms with E-state index < -0.39 is 5.97 Å². The van der Waals surface area contributed by atoms with Crippen molar-refractivity contribution in [3.63, 3.8) is 0 Å². The standard InChI is InChI=1S/C18H19NO3S/c1-12(2)10-14-11-23-17(16(14)18(21)22)19-15(20)9-8-13-6-4-3-5-7-13/h3-9,11-12H,10H2,1-2H3,(H,19,20)(H,21,22)/p-1/b9-8+. The van der Waals surface area contributed by atoms with Crippen LogP contribution in [0.15, 0.2) is 41.8 Å². The summed E-state index contributed by atoms with van der Waals surface area (Å²) in [6, 6.07) is 9.41. The molecule has 0 aliphatic carbocycles. The van der Waals surface area contributed by atoms with Gasteiger partial charge in [-0.1, -0.05) is 44.2 Å². The van der Waals surface area contributed by atoms with Gasteiger partial charge in [-0.25, -0.2) is 0 Å². The number of thiophene rings is 1. The van der Waals surface area contributed by atoms with Gasteiger partial charge in [0.1, 0.15) is 5.00 Å². The van der Waals surface area contributed by atoms with Crippen LogP contribution >= 0.6 is 11.3 Å². The topological polar surface area (TPSA) is 69.2 Å². The molecular weight excluding hydrogens is 310 g/mol. The smallest absolute Gasteiger partial charge is 0.249 e. The normalized spacial score (nSPS) is 11.1. The van der Waals surface area contributed by atoms with Crippen molar-refractivity contribution in [2.75, 3.05) is 5.32 Å². The van der Waals surface area contributed by atoms with E-state index in [1.807, 2.05) is 44.2 Å². The summed E-state index contributed by atoms with van der Waals surface area (Å²) in [6.07, 6.45) is 3.70. The van der Waals surface area contributed by atoms with Gasteiger partial charge in [0, 0.05) is 11.6 Å². The molecule has 0 unspecified atom stereocenters. The average molecular weight is 328 g/mol. The number of aromatic carboxylic acids is 1. The molecule has 0 aliphatic rings. The van der Waals surface area contributed by atoms with E-state index in [9.17, 15) is 14.7 Å². The van der Waals surface area contributed by atoms with Crippen molar-refractivity contribution in [3.05, 3.63) is 58.5 Å². The van der Waals surface area contributed by atoms with Gasteiger partial charge in [0.25, 0.3) is 0 Å². The molecule has 0 atom stereocenters. The first-order valence-corrected chi connectivity index (χ1v) is 8.21. The molecule has 4 nitrogen and oxygen atoms in total. The van der Waals surface area contributed by atoms with Crippen LogP contribution in [0.2, 0.25) is 0 Å². The fourth-order valence-electron chi connectivity index (χ4n) is 2.19. The van der Waals surface area contributed by atoms with Gasteiger partial charge in [-0.15, -0.1) is 11.3 Å². The number of amides is 1. The third-order valence-corrected chi connectivity index (χ3v) is 4.11. The molecule has 1 N–H and O–H groups in total. The molecule has 5 heteroatoms. The van der Waals surface area contributed by atoms with Crippen LogP contribution in [0.1, 0.15) is 35.3 Å². The van der Waals surface area contributed by atoms with Crippen LogP contribution < -0.4 is 10.4 Å². The quantitative estimate of drug-likeness (QED) is 0.829. The summed E-state index contributed by atoms with van der Waals surface area (Å²) in [5, 5.41) is 16.1. The van der Waals surface area contributed by atoms with Crippen molar-refractivity contribution < 1.29 is 14.7 Å². The number of carbonyl (C=O) groups excluding carboxylic acids is 2. The molecule has 23 heavy (non-hydrogen) atoms.